The topological polar surface area (TPSA) is 103 Å². The van der Waals surface area contributed by atoms with E-state index in [2.05, 4.69) is 35.6 Å². The maximum Gasteiger partial charge on any atom is 0.311 e. The standard InChI is InChI=1S/C25H26N4O4S/c1-25(2,3)17-10-12-19(13-11-17)34(31,32)28-23-15-18(16-24(30)33-4)27-29(23)22-9-5-8-21-20(22)7-6-14-26-21/h5-15,28H,16H2,1-4H3. The molecule has 0 aliphatic heterocycles. The molecule has 2 aromatic carbocycles. The minimum Gasteiger partial charge on any atom is -0.469 e. The Labute approximate surface area is 198 Å². The molecule has 34 heavy (non-hydrogen) atoms. The maximum atomic E-state index is 13.2. The van der Waals surface area contributed by atoms with Crippen LogP contribution in [0, 0.1) is 0 Å². The van der Waals surface area contributed by atoms with Crippen LogP contribution in [-0.2, 0) is 31.4 Å². The third-order valence-corrected chi connectivity index (χ3v) is 6.80. The summed E-state index contributed by atoms with van der Waals surface area (Å²) in [7, 11) is -2.63. The number of rotatable bonds is 6. The summed E-state index contributed by atoms with van der Waals surface area (Å²) in [5, 5.41) is 5.29. The van der Waals surface area contributed by atoms with Crippen molar-refractivity contribution in [1.29, 1.82) is 0 Å². The third kappa shape index (κ3) is 4.79. The molecule has 4 aromatic rings. The van der Waals surface area contributed by atoms with Gasteiger partial charge in [0, 0.05) is 17.6 Å². The lowest BCUT2D eigenvalue weighted by molar-refractivity contribution is -0.139. The Morgan fingerprint density at radius 1 is 1.06 bits per heavy atom. The van der Waals surface area contributed by atoms with Crippen LogP contribution in [0.15, 0.2) is 71.8 Å². The van der Waals surface area contributed by atoms with Gasteiger partial charge in [-0.3, -0.25) is 14.5 Å². The molecule has 0 spiro atoms. The Kier molecular flexibility index (Phi) is 6.14. The quantitative estimate of drug-likeness (QED) is 0.416. The van der Waals surface area contributed by atoms with E-state index in [-0.39, 0.29) is 22.5 Å². The fraction of sp³-hybridized carbons (Fsp3) is 0.240. The van der Waals surface area contributed by atoms with E-state index in [1.807, 2.05) is 36.4 Å². The van der Waals surface area contributed by atoms with E-state index in [9.17, 15) is 13.2 Å². The molecular formula is C25H26N4O4S. The van der Waals surface area contributed by atoms with Crippen molar-refractivity contribution in [1.82, 2.24) is 14.8 Å². The number of benzene rings is 2. The molecular weight excluding hydrogens is 452 g/mol. The fourth-order valence-electron chi connectivity index (χ4n) is 3.60. The van der Waals surface area contributed by atoms with Crippen LogP contribution in [0.3, 0.4) is 0 Å². The molecule has 0 fully saturated rings. The van der Waals surface area contributed by atoms with Gasteiger partial charge in [-0.1, -0.05) is 39.0 Å². The van der Waals surface area contributed by atoms with Crippen LogP contribution in [0.5, 0.6) is 0 Å². The summed E-state index contributed by atoms with van der Waals surface area (Å²) in [6.45, 7) is 6.19. The molecule has 0 unspecified atom stereocenters. The molecule has 0 bridgehead atoms. The van der Waals surface area contributed by atoms with Gasteiger partial charge >= 0.3 is 5.97 Å². The molecule has 0 saturated heterocycles. The average Bonchev–Trinajstić information content (AvgIpc) is 3.19. The molecule has 0 atom stereocenters. The van der Waals surface area contributed by atoms with Crippen molar-refractivity contribution in [2.45, 2.75) is 37.5 Å². The second-order valence-electron chi connectivity index (χ2n) is 8.91. The van der Waals surface area contributed by atoms with Crippen LogP contribution in [0.1, 0.15) is 32.0 Å². The largest absolute Gasteiger partial charge is 0.469 e. The zero-order valence-corrected chi connectivity index (χ0v) is 20.3. The predicted octanol–water partition coefficient (Wildman–Crippen LogP) is 4.23. The number of esters is 1. The first-order valence-electron chi connectivity index (χ1n) is 10.7. The van der Waals surface area contributed by atoms with Crippen molar-refractivity contribution >= 4 is 32.7 Å². The zero-order valence-electron chi connectivity index (χ0n) is 19.4. The Bertz CT molecular complexity index is 1450. The van der Waals surface area contributed by atoms with Crippen LogP contribution < -0.4 is 4.72 Å². The molecule has 8 nitrogen and oxygen atoms in total. The highest BCUT2D eigenvalue weighted by molar-refractivity contribution is 7.92. The first-order valence-corrected chi connectivity index (χ1v) is 12.2. The van der Waals surface area contributed by atoms with Crippen molar-refractivity contribution in [3.05, 3.63) is 78.1 Å². The van der Waals surface area contributed by atoms with Crippen LogP contribution in [0.4, 0.5) is 5.82 Å². The Hall–Kier alpha value is -3.72. The van der Waals surface area contributed by atoms with E-state index in [1.165, 1.54) is 17.9 Å². The van der Waals surface area contributed by atoms with Gasteiger partial charge in [0.05, 0.1) is 35.3 Å². The first-order chi connectivity index (χ1) is 16.1. The number of anilines is 1. The van der Waals surface area contributed by atoms with E-state index in [0.29, 0.717) is 11.4 Å². The number of pyridine rings is 1. The smallest absolute Gasteiger partial charge is 0.311 e. The number of fused-ring (bicyclic) bond motifs is 1. The van der Waals surface area contributed by atoms with Gasteiger partial charge in [0.1, 0.15) is 5.82 Å². The summed E-state index contributed by atoms with van der Waals surface area (Å²) in [5.41, 5.74) is 2.66. The van der Waals surface area contributed by atoms with Gasteiger partial charge in [-0.05, 0) is 47.4 Å². The summed E-state index contributed by atoms with van der Waals surface area (Å²) in [6, 6.07) is 17.5. The highest BCUT2D eigenvalue weighted by Gasteiger charge is 2.22. The molecule has 0 saturated carbocycles. The Morgan fingerprint density at radius 2 is 1.79 bits per heavy atom. The fourth-order valence-corrected chi connectivity index (χ4v) is 4.63. The average molecular weight is 479 g/mol. The summed E-state index contributed by atoms with van der Waals surface area (Å²) in [4.78, 5) is 16.3. The summed E-state index contributed by atoms with van der Waals surface area (Å²) in [6.07, 6.45) is 1.59. The van der Waals surface area contributed by atoms with E-state index in [0.717, 1.165) is 16.5 Å². The lowest BCUT2D eigenvalue weighted by Gasteiger charge is -2.19. The van der Waals surface area contributed by atoms with Gasteiger partial charge in [-0.2, -0.15) is 5.10 Å². The van der Waals surface area contributed by atoms with Crippen LogP contribution in [0.25, 0.3) is 16.6 Å². The van der Waals surface area contributed by atoms with Gasteiger partial charge in [0.2, 0.25) is 0 Å². The van der Waals surface area contributed by atoms with E-state index >= 15 is 0 Å². The highest BCUT2D eigenvalue weighted by Crippen LogP contribution is 2.28. The van der Waals surface area contributed by atoms with Crippen molar-refractivity contribution in [2.75, 3.05) is 11.8 Å². The first kappa shape index (κ1) is 23.4. The lowest BCUT2D eigenvalue weighted by atomic mass is 9.87. The highest BCUT2D eigenvalue weighted by atomic mass is 32.2. The van der Waals surface area contributed by atoms with Crippen LogP contribution in [0.2, 0.25) is 0 Å². The number of methoxy groups -OCH3 is 1. The number of hydrogen-bond acceptors (Lipinski definition) is 6. The monoisotopic (exact) mass is 478 g/mol. The molecule has 0 radical (unpaired) electrons. The number of carbonyl (C=O) groups is 1. The van der Waals surface area contributed by atoms with E-state index in [1.54, 1.807) is 24.4 Å². The van der Waals surface area contributed by atoms with Crippen LogP contribution >= 0.6 is 0 Å². The molecule has 0 aliphatic carbocycles. The lowest BCUT2D eigenvalue weighted by Crippen LogP contribution is -2.17. The number of nitrogens with one attached hydrogen (secondary N) is 1. The number of sulfonamides is 1. The molecule has 176 valence electrons. The number of carbonyl (C=O) groups excluding carboxylic acids is 1. The van der Waals surface area contributed by atoms with Crippen molar-refractivity contribution in [3.63, 3.8) is 0 Å². The van der Waals surface area contributed by atoms with Gasteiger partial charge in [0.25, 0.3) is 10.0 Å². The minimum absolute atomic E-state index is 0.0957. The summed E-state index contributed by atoms with van der Waals surface area (Å²) < 4.78 is 35.3. The maximum absolute atomic E-state index is 13.2. The second-order valence-corrected chi connectivity index (χ2v) is 10.6. The number of hydrogen-bond donors (Lipinski definition) is 1. The summed E-state index contributed by atoms with van der Waals surface area (Å²) >= 11 is 0. The van der Waals surface area contributed by atoms with Crippen LogP contribution in [-0.4, -0.2) is 36.3 Å². The SMILES string of the molecule is COC(=O)Cc1cc(NS(=O)(=O)c2ccc(C(C)(C)C)cc2)n(-c2cccc3ncccc23)n1. The second kappa shape index (κ2) is 8.90. The minimum atomic E-state index is -3.92. The van der Waals surface area contributed by atoms with E-state index < -0.39 is 16.0 Å². The Balaban J connectivity index is 1.78. The molecule has 9 heteroatoms. The van der Waals surface area contributed by atoms with E-state index in [4.69, 9.17) is 4.74 Å². The van der Waals surface area contributed by atoms with Crippen molar-refractivity contribution < 1.29 is 17.9 Å². The van der Waals surface area contributed by atoms with Gasteiger partial charge in [-0.25, -0.2) is 13.1 Å². The molecule has 1 N–H and O–H groups in total. The number of aromatic nitrogens is 3. The molecule has 0 aliphatic rings. The van der Waals surface area contributed by atoms with Gasteiger partial charge in [-0.15, -0.1) is 0 Å². The van der Waals surface area contributed by atoms with Gasteiger partial charge in [0.15, 0.2) is 0 Å². The number of ether oxygens (including phenoxy) is 1. The van der Waals surface area contributed by atoms with Crippen molar-refractivity contribution in [2.24, 2.45) is 0 Å². The molecule has 0 amide bonds. The molecule has 4 rings (SSSR count). The third-order valence-electron chi connectivity index (χ3n) is 5.43. The van der Waals surface area contributed by atoms with Crippen molar-refractivity contribution in [3.8, 4) is 5.69 Å². The normalized spacial score (nSPS) is 12.0. The number of nitrogens with zero attached hydrogens (tertiary/aromatic N) is 3. The molecule has 2 aromatic heterocycles. The molecule has 2 heterocycles. The predicted molar refractivity (Wildman–Crippen MR) is 131 cm³/mol. The zero-order chi connectivity index (χ0) is 24.5. The summed E-state index contributed by atoms with van der Waals surface area (Å²) in [5.74, 6) is -0.272. The Morgan fingerprint density at radius 3 is 2.47 bits per heavy atom. The van der Waals surface area contributed by atoms with Gasteiger partial charge < -0.3 is 4.74 Å².